The van der Waals surface area contributed by atoms with E-state index < -0.39 is 28.6 Å². The van der Waals surface area contributed by atoms with Gasteiger partial charge in [-0.05, 0) is 18.6 Å². The molecule has 100 valence electrons. The molecule has 0 saturated carbocycles. The van der Waals surface area contributed by atoms with Crippen LogP contribution in [0.5, 0.6) is 0 Å². The molecule has 6 heteroatoms. The molecule has 1 aromatic rings. The van der Waals surface area contributed by atoms with Gasteiger partial charge in [0.25, 0.3) is 5.69 Å². The van der Waals surface area contributed by atoms with Crippen LogP contribution in [0, 0.1) is 15.9 Å². The SMILES string of the molecule is CCCC[C@H](O)[C@H](N)c1ccc(F)cc1[N+](=O)[O-]. The largest absolute Gasteiger partial charge is 0.391 e. The van der Waals surface area contributed by atoms with E-state index in [0.29, 0.717) is 6.42 Å². The first-order valence-electron chi connectivity index (χ1n) is 5.84. The van der Waals surface area contributed by atoms with E-state index in [1.165, 1.54) is 6.07 Å². The summed E-state index contributed by atoms with van der Waals surface area (Å²) in [6.45, 7) is 1.97. The van der Waals surface area contributed by atoms with Crippen molar-refractivity contribution >= 4 is 5.69 Å². The van der Waals surface area contributed by atoms with Gasteiger partial charge in [-0.25, -0.2) is 4.39 Å². The maximum atomic E-state index is 13.0. The van der Waals surface area contributed by atoms with Crippen LogP contribution < -0.4 is 5.73 Å². The molecule has 0 aliphatic heterocycles. The first-order valence-corrected chi connectivity index (χ1v) is 5.84. The van der Waals surface area contributed by atoms with Crippen LogP contribution in [0.3, 0.4) is 0 Å². The average molecular weight is 256 g/mol. The number of aliphatic hydroxyl groups is 1. The molecular weight excluding hydrogens is 239 g/mol. The van der Waals surface area contributed by atoms with Crippen LogP contribution in [0.4, 0.5) is 10.1 Å². The first kappa shape index (κ1) is 14.5. The number of nitro groups is 1. The zero-order chi connectivity index (χ0) is 13.7. The van der Waals surface area contributed by atoms with E-state index in [9.17, 15) is 19.6 Å². The lowest BCUT2D eigenvalue weighted by molar-refractivity contribution is -0.386. The number of halogens is 1. The van der Waals surface area contributed by atoms with E-state index in [1.807, 2.05) is 6.92 Å². The summed E-state index contributed by atoms with van der Waals surface area (Å²) in [5.74, 6) is -0.694. The number of rotatable bonds is 6. The van der Waals surface area contributed by atoms with Gasteiger partial charge in [0.1, 0.15) is 5.82 Å². The Morgan fingerprint density at radius 1 is 1.56 bits per heavy atom. The number of nitrogens with zero attached hydrogens (tertiary/aromatic N) is 1. The van der Waals surface area contributed by atoms with Gasteiger partial charge in [0.05, 0.1) is 23.1 Å². The molecule has 5 nitrogen and oxygen atoms in total. The van der Waals surface area contributed by atoms with Crippen LogP contribution in [0.25, 0.3) is 0 Å². The molecule has 0 aliphatic rings. The minimum atomic E-state index is -0.877. The Hall–Kier alpha value is -1.53. The summed E-state index contributed by atoms with van der Waals surface area (Å²) in [5.41, 5.74) is 5.56. The first-order chi connectivity index (χ1) is 8.47. The molecule has 0 aliphatic carbocycles. The van der Waals surface area contributed by atoms with Gasteiger partial charge < -0.3 is 10.8 Å². The third-order valence-corrected chi connectivity index (χ3v) is 2.82. The molecule has 0 heterocycles. The molecule has 1 rings (SSSR count). The number of hydrogen-bond acceptors (Lipinski definition) is 4. The predicted octanol–water partition coefficient (Wildman–Crippen LogP) is 2.28. The molecule has 0 spiro atoms. The van der Waals surface area contributed by atoms with E-state index >= 15 is 0 Å². The monoisotopic (exact) mass is 256 g/mol. The molecule has 0 amide bonds. The van der Waals surface area contributed by atoms with Crippen LogP contribution in [0.2, 0.25) is 0 Å². The van der Waals surface area contributed by atoms with Crippen LogP contribution in [0.15, 0.2) is 18.2 Å². The van der Waals surface area contributed by atoms with Gasteiger partial charge in [0.2, 0.25) is 0 Å². The molecule has 0 unspecified atom stereocenters. The second-order valence-electron chi connectivity index (χ2n) is 4.20. The Kier molecular flexibility index (Phi) is 5.18. The minimum Gasteiger partial charge on any atom is -0.391 e. The molecule has 0 bridgehead atoms. The van der Waals surface area contributed by atoms with Gasteiger partial charge in [-0.2, -0.15) is 0 Å². The number of unbranched alkanes of at least 4 members (excludes halogenated alkanes) is 1. The van der Waals surface area contributed by atoms with Gasteiger partial charge >= 0.3 is 0 Å². The lowest BCUT2D eigenvalue weighted by atomic mass is 9.97. The zero-order valence-corrected chi connectivity index (χ0v) is 10.2. The molecule has 1 aromatic carbocycles. The second-order valence-corrected chi connectivity index (χ2v) is 4.20. The number of hydrogen-bond donors (Lipinski definition) is 2. The Morgan fingerprint density at radius 3 is 2.78 bits per heavy atom. The fourth-order valence-electron chi connectivity index (χ4n) is 1.76. The van der Waals surface area contributed by atoms with E-state index in [4.69, 9.17) is 5.73 Å². The highest BCUT2D eigenvalue weighted by Crippen LogP contribution is 2.28. The Morgan fingerprint density at radius 2 is 2.22 bits per heavy atom. The fourth-order valence-corrected chi connectivity index (χ4v) is 1.76. The molecule has 3 N–H and O–H groups in total. The van der Waals surface area contributed by atoms with E-state index in [-0.39, 0.29) is 5.56 Å². The lowest BCUT2D eigenvalue weighted by Gasteiger charge is -2.18. The van der Waals surface area contributed by atoms with Crippen molar-refractivity contribution in [2.45, 2.75) is 38.3 Å². The highest BCUT2D eigenvalue weighted by Gasteiger charge is 2.25. The van der Waals surface area contributed by atoms with E-state index in [2.05, 4.69) is 0 Å². The summed E-state index contributed by atoms with van der Waals surface area (Å²) >= 11 is 0. The summed E-state index contributed by atoms with van der Waals surface area (Å²) in [6, 6.07) is 2.31. The summed E-state index contributed by atoms with van der Waals surface area (Å²) in [7, 11) is 0. The van der Waals surface area contributed by atoms with Crippen LogP contribution in [-0.4, -0.2) is 16.1 Å². The summed E-state index contributed by atoms with van der Waals surface area (Å²) < 4.78 is 13.0. The van der Waals surface area contributed by atoms with Crippen LogP contribution >= 0.6 is 0 Å². The zero-order valence-electron chi connectivity index (χ0n) is 10.2. The molecule has 0 fully saturated rings. The van der Waals surface area contributed by atoms with Crippen molar-refractivity contribution in [3.8, 4) is 0 Å². The van der Waals surface area contributed by atoms with Gasteiger partial charge in [-0.3, -0.25) is 10.1 Å². The summed E-state index contributed by atoms with van der Waals surface area (Å²) in [5, 5.41) is 20.7. The van der Waals surface area contributed by atoms with Crippen LogP contribution in [0.1, 0.15) is 37.8 Å². The molecule has 0 aromatic heterocycles. The van der Waals surface area contributed by atoms with Crippen molar-refractivity contribution in [3.05, 3.63) is 39.7 Å². The molecular formula is C12H17FN2O3. The molecule has 0 saturated heterocycles. The molecule has 0 radical (unpaired) electrons. The normalized spacial score (nSPS) is 14.2. The molecule has 2 atom stereocenters. The Balaban J connectivity index is 2.97. The van der Waals surface area contributed by atoms with E-state index in [1.54, 1.807) is 0 Å². The maximum absolute atomic E-state index is 13.0. The third-order valence-electron chi connectivity index (χ3n) is 2.82. The fraction of sp³-hybridized carbons (Fsp3) is 0.500. The molecule has 18 heavy (non-hydrogen) atoms. The Bertz CT molecular complexity index is 426. The van der Waals surface area contributed by atoms with Crippen LogP contribution in [-0.2, 0) is 0 Å². The summed E-state index contributed by atoms with van der Waals surface area (Å²) in [4.78, 5) is 10.1. The van der Waals surface area contributed by atoms with Gasteiger partial charge in [0, 0.05) is 5.56 Å². The highest BCUT2D eigenvalue weighted by atomic mass is 19.1. The third kappa shape index (κ3) is 3.48. The van der Waals surface area contributed by atoms with Crippen molar-refractivity contribution in [1.82, 2.24) is 0 Å². The van der Waals surface area contributed by atoms with E-state index in [0.717, 1.165) is 25.0 Å². The second kappa shape index (κ2) is 6.42. The topological polar surface area (TPSA) is 89.4 Å². The van der Waals surface area contributed by atoms with Gasteiger partial charge in [-0.15, -0.1) is 0 Å². The predicted molar refractivity (Wildman–Crippen MR) is 65.5 cm³/mol. The smallest absolute Gasteiger partial charge is 0.277 e. The number of benzene rings is 1. The maximum Gasteiger partial charge on any atom is 0.277 e. The van der Waals surface area contributed by atoms with Crippen molar-refractivity contribution < 1.29 is 14.4 Å². The van der Waals surface area contributed by atoms with Crippen molar-refractivity contribution in [2.24, 2.45) is 5.73 Å². The average Bonchev–Trinajstić information content (AvgIpc) is 2.34. The van der Waals surface area contributed by atoms with Gasteiger partial charge in [0.15, 0.2) is 0 Å². The lowest BCUT2D eigenvalue weighted by Crippen LogP contribution is -2.26. The number of nitrogens with two attached hydrogens (primary N) is 1. The highest BCUT2D eigenvalue weighted by molar-refractivity contribution is 5.42. The minimum absolute atomic E-state index is 0.157. The standard InChI is InChI=1S/C12H17FN2O3/c1-2-3-4-11(16)12(14)9-6-5-8(13)7-10(9)15(17)18/h5-7,11-12,16H,2-4,14H2,1H3/t11-,12+/m0/s1. The van der Waals surface area contributed by atoms with Gasteiger partial charge in [-0.1, -0.05) is 19.8 Å². The summed E-state index contributed by atoms with van der Waals surface area (Å²) in [6.07, 6.45) is 1.28. The van der Waals surface area contributed by atoms with Crippen molar-refractivity contribution in [2.75, 3.05) is 0 Å². The number of aliphatic hydroxyl groups excluding tert-OH is 1. The van der Waals surface area contributed by atoms with Crippen molar-refractivity contribution in [3.63, 3.8) is 0 Å². The number of nitro benzene ring substituents is 1. The van der Waals surface area contributed by atoms with Crippen molar-refractivity contribution in [1.29, 1.82) is 0 Å². The quantitative estimate of drug-likeness (QED) is 0.603. The Labute approximate surface area is 105 Å².